The average molecular weight is 311 g/mol. The molecule has 0 saturated carbocycles. The molecule has 0 aliphatic carbocycles. The number of carbonyl (C=O) groups is 1. The van der Waals surface area contributed by atoms with Gasteiger partial charge in [0.15, 0.2) is 0 Å². The number of fused-ring (bicyclic) bond motifs is 1. The summed E-state index contributed by atoms with van der Waals surface area (Å²) in [4.78, 5) is 11.9. The molecular formula is C15H21NO4S. The Balaban J connectivity index is 2.01. The first kappa shape index (κ1) is 16.0. The van der Waals surface area contributed by atoms with E-state index in [4.69, 9.17) is 4.74 Å². The highest BCUT2D eigenvalue weighted by Crippen LogP contribution is 2.29. The molecule has 1 atom stereocenters. The van der Waals surface area contributed by atoms with E-state index in [1.165, 1.54) is 0 Å². The summed E-state index contributed by atoms with van der Waals surface area (Å²) in [6.07, 6.45) is 0.470. The van der Waals surface area contributed by atoms with Crippen LogP contribution >= 0.6 is 0 Å². The van der Waals surface area contributed by atoms with Crippen LogP contribution in [0, 0.1) is 5.92 Å². The number of rotatable bonds is 5. The Bertz CT molecular complexity index is 610. The van der Waals surface area contributed by atoms with Crippen molar-refractivity contribution < 1.29 is 17.9 Å². The minimum atomic E-state index is -3.56. The monoisotopic (exact) mass is 311 g/mol. The summed E-state index contributed by atoms with van der Waals surface area (Å²) in [6.45, 7) is 4.14. The molecule has 0 bridgehead atoms. The van der Waals surface area contributed by atoms with Crippen LogP contribution in [0.4, 0.5) is 0 Å². The second kappa shape index (κ2) is 6.58. The van der Waals surface area contributed by atoms with Crippen LogP contribution < -0.4 is 4.72 Å². The molecule has 2 rings (SSSR count). The van der Waals surface area contributed by atoms with E-state index in [0.29, 0.717) is 6.61 Å². The van der Waals surface area contributed by atoms with E-state index in [-0.39, 0.29) is 24.2 Å². The fourth-order valence-electron chi connectivity index (χ4n) is 2.51. The lowest BCUT2D eigenvalue weighted by atomic mass is 9.96. The van der Waals surface area contributed by atoms with Gasteiger partial charge in [0, 0.05) is 0 Å². The van der Waals surface area contributed by atoms with Gasteiger partial charge in [0.25, 0.3) is 0 Å². The zero-order chi connectivity index (χ0) is 15.5. The van der Waals surface area contributed by atoms with E-state index in [0.717, 1.165) is 17.5 Å². The van der Waals surface area contributed by atoms with E-state index < -0.39 is 15.9 Å². The third-order valence-electron chi connectivity index (χ3n) is 3.29. The minimum Gasteiger partial charge on any atom is -0.373 e. The van der Waals surface area contributed by atoms with Gasteiger partial charge in [0.05, 0.1) is 24.9 Å². The van der Waals surface area contributed by atoms with Crippen LogP contribution in [0.2, 0.25) is 0 Å². The van der Waals surface area contributed by atoms with Crippen LogP contribution in [-0.4, -0.2) is 26.7 Å². The van der Waals surface area contributed by atoms with Crippen LogP contribution in [0.15, 0.2) is 24.3 Å². The van der Waals surface area contributed by atoms with Gasteiger partial charge >= 0.3 is 0 Å². The predicted octanol–water partition coefficient (Wildman–Crippen LogP) is 1.79. The molecule has 6 heteroatoms. The number of benzene rings is 1. The Morgan fingerprint density at radius 1 is 1.38 bits per heavy atom. The van der Waals surface area contributed by atoms with Gasteiger partial charge in [-0.25, -0.2) is 8.42 Å². The highest BCUT2D eigenvalue weighted by atomic mass is 32.2. The molecule has 1 aliphatic rings. The van der Waals surface area contributed by atoms with E-state index in [9.17, 15) is 13.2 Å². The lowest BCUT2D eigenvalue weighted by Gasteiger charge is -2.25. The topological polar surface area (TPSA) is 72.5 Å². The Labute approximate surface area is 125 Å². The summed E-state index contributed by atoms with van der Waals surface area (Å²) in [5, 5.41) is 0. The molecule has 1 aromatic carbocycles. The van der Waals surface area contributed by atoms with Crippen LogP contribution in [0.5, 0.6) is 0 Å². The number of hydrogen-bond donors (Lipinski definition) is 1. The van der Waals surface area contributed by atoms with Crippen LogP contribution in [0.25, 0.3) is 0 Å². The van der Waals surface area contributed by atoms with Crippen molar-refractivity contribution in [3.8, 4) is 0 Å². The molecule has 21 heavy (non-hydrogen) atoms. The molecule has 116 valence electrons. The molecule has 1 amide bonds. The van der Waals surface area contributed by atoms with Crippen molar-refractivity contribution in [2.45, 2.75) is 32.8 Å². The van der Waals surface area contributed by atoms with Crippen molar-refractivity contribution in [1.82, 2.24) is 4.72 Å². The van der Waals surface area contributed by atoms with Crippen LogP contribution in [0.1, 0.15) is 37.5 Å². The molecule has 1 heterocycles. The molecule has 1 N–H and O–H groups in total. The molecule has 1 aromatic rings. The molecular weight excluding hydrogens is 290 g/mol. The third kappa shape index (κ3) is 4.54. The lowest BCUT2D eigenvalue weighted by Crippen LogP contribution is -2.35. The number of carbonyl (C=O) groups excluding carboxylic acids is 1. The van der Waals surface area contributed by atoms with Crippen molar-refractivity contribution in [1.29, 1.82) is 0 Å². The van der Waals surface area contributed by atoms with Gasteiger partial charge in [-0.1, -0.05) is 38.1 Å². The number of ether oxygens (including phenoxy) is 1. The predicted molar refractivity (Wildman–Crippen MR) is 80.2 cm³/mol. The van der Waals surface area contributed by atoms with Gasteiger partial charge in [-0.05, 0) is 23.5 Å². The second-order valence-electron chi connectivity index (χ2n) is 5.71. The molecule has 0 aromatic heterocycles. The summed E-state index contributed by atoms with van der Waals surface area (Å²) < 4.78 is 31.3. The molecule has 0 radical (unpaired) electrons. The van der Waals surface area contributed by atoms with Crippen molar-refractivity contribution in [2.75, 3.05) is 12.4 Å². The third-order valence-corrected chi connectivity index (χ3v) is 4.93. The standard InChI is InChI=1S/C15H21NO4S/c1-11(2)10-21(18,19)16-15(17)9-14-13-6-4-3-5-12(13)7-8-20-14/h3-6,11,14H,7-10H2,1-2H3,(H,16,17)/t14-/m1/s1. The second-order valence-corrected chi connectivity index (χ2v) is 7.48. The van der Waals surface area contributed by atoms with Crippen molar-refractivity contribution >= 4 is 15.9 Å². The Morgan fingerprint density at radius 3 is 2.81 bits per heavy atom. The van der Waals surface area contributed by atoms with E-state index in [1.807, 2.05) is 24.3 Å². The summed E-state index contributed by atoms with van der Waals surface area (Å²) in [6, 6.07) is 7.79. The first-order valence-electron chi connectivity index (χ1n) is 7.10. The van der Waals surface area contributed by atoms with E-state index in [1.54, 1.807) is 13.8 Å². The van der Waals surface area contributed by atoms with Gasteiger partial charge in [0.1, 0.15) is 0 Å². The molecule has 0 saturated heterocycles. The first-order chi connectivity index (χ1) is 9.87. The normalized spacial score (nSPS) is 18.3. The van der Waals surface area contributed by atoms with E-state index in [2.05, 4.69) is 4.72 Å². The summed E-state index contributed by atoms with van der Waals surface area (Å²) in [5.74, 6) is -0.597. The summed E-state index contributed by atoms with van der Waals surface area (Å²) in [7, 11) is -3.56. The number of sulfonamides is 1. The largest absolute Gasteiger partial charge is 0.373 e. The maximum atomic E-state index is 11.9. The van der Waals surface area contributed by atoms with Gasteiger partial charge < -0.3 is 4.74 Å². The molecule has 0 unspecified atom stereocenters. The highest BCUT2D eigenvalue weighted by Gasteiger charge is 2.25. The first-order valence-corrected chi connectivity index (χ1v) is 8.75. The van der Waals surface area contributed by atoms with Crippen LogP contribution in [0.3, 0.4) is 0 Å². The minimum absolute atomic E-state index is 0.0222. The molecule has 5 nitrogen and oxygen atoms in total. The highest BCUT2D eigenvalue weighted by molar-refractivity contribution is 7.90. The maximum Gasteiger partial charge on any atom is 0.236 e. The average Bonchev–Trinajstić information content (AvgIpc) is 2.36. The molecule has 0 fully saturated rings. The SMILES string of the molecule is CC(C)CS(=O)(=O)NC(=O)C[C@H]1OCCc2ccccc21. The number of amides is 1. The lowest BCUT2D eigenvalue weighted by molar-refractivity contribution is -0.122. The smallest absolute Gasteiger partial charge is 0.236 e. The Hall–Kier alpha value is -1.40. The Kier molecular flexibility index (Phi) is 5.00. The van der Waals surface area contributed by atoms with Gasteiger partial charge in [0.2, 0.25) is 15.9 Å². The fraction of sp³-hybridized carbons (Fsp3) is 0.533. The summed E-state index contributed by atoms with van der Waals surface area (Å²) in [5.41, 5.74) is 2.13. The zero-order valence-corrected chi connectivity index (χ0v) is 13.2. The van der Waals surface area contributed by atoms with Gasteiger partial charge in [-0.3, -0.25) is 9.52 Å². The van der Waals surface area contributed by atoms with Gasteiger partial charge in [-0.15, -0.1) is 0 Å². The summed E-state index contributed by atoms with van der Waals surface area (Å²) >= 11 is 0. The number of hydrogen-bond acceptors (Lipinski definition) is 4. The number of nitrogens with one attached hydrogen (secondary N) is 1. The quantitative estimate of drug-likeness (QED) is 0.900. The Morgan fingerprint density at radius 2 is 2.10 bits per heavy atom. The zero-order valence-electron chi connectivity index (χ0n) is 12.3. The van der Waals surface area contributed by atoms with Crippen molar-refractivity contribution in [3.63, 3.8) is 0 Å². The maximum absolute atomic E-state index is 11.9. The van der Waals surface area contributed by atoms with E-state index >= 15 is 0 Å². The van der Waals surface area contributed by atoms with Crippen molar-refractivity contribution in [3.05, 3.63) is 35.4 Å². The van der Waals surface area contributed by atoms with Gasteiger partial charge in [-0.2, -0.15) is 0 Å². The molecule has 1 aliphatic heterocycles. The fourth-order valence-corrected chi connectivity index (χ4v) is 3.90. The van der Waals surface area contributed by atoms with Crippen molar-refractivity contribution in [2.24, 2.45) is 5.92 Å². The van der Waals surface area contributed by atoms with Crippen LogP contribution in [-0.2, 0) is 26.0 Å². The molecule has 0 spiro atoms.